The molecule has 0 spiro atoms. The number of aliphatic carboxylic acids is 1. The van der Waals surface area contributed by atoms with Gasteiger partial charge in [0.15, 0.2) is 0 Å². The van der Waals surface area contributed by atoms with Crippen molar-refractivity contribution >= 4 is 47.2 Å². The second-order valence-corrected chi connectivity index (χ2v) is 15.1. The molecule has 2 heterocycles. The predicted octanol–water partition coefficient (Wildman–Crippen LogP) is -4.12. The fraction of sp³-hybridized carbons (Fsp3) is 0.923. The minimum absolute atomic E-state index is 0.119. The molecule has 0 aromatic heterocycles. The van der Waals surface area contributed by atoms with Crippen LogP contribution < -0.4 is 5.32 Å². The lowest BCUT2D eigenvalue weighted by Crippen LogP contribution is -2.60. The van der Waals surface area contributed by atoms with Crippen LogP contribution in [0.4, 0.5) is 0 Å². The molecule has 15 atom stereocenters. The van der Waals surface area contributed by atoms with E-state index in [1.54, 1.807) is 0 Å². The number of amides is 1. The molecule has 2 fully saturated rings. The predicted molar refractivity (Wildman–Crippen MR) is 164 cm³/mol. The van der Waals surface area contributed by atoms with Gasteiger partial charge in [-0.2, -0.15) is 0 Å². The highest BCUT2D eigenvalue weighted by Crippen LogP contribution is 2.42. The standard InChI is InChI=1S/C26H47NO15S3/c1-10(7-28)16(34)20(38)17(35)11(2)44-23-18(36)13(9-30)42-26(22(23)40)45-24-19(37)12(8-29)41-25(21(24)39)43-6-5-27-14(31)3-4-15(32)33/h10-13,16-26,28-30,34-40H,3-9H2,1-2H3,(H,27,31)(H,32,33)/t10-,11-,12-,13-,16-,17+,18-,19-,20+,21-,22-,23+,24+,25+,26+/m1/s1. The Morgan fingerprint density at radius 1 is 0.778 bits per heavy atom. The fourth-order valence-electron chi connectivity index (χ4n) is 4.76. The Morgan fingerprint density at radius 2 is 1.33 bits per heavy atom. The van der Waals surface area contributed by atoms with Crippen LogP contribution in [0.5, 0.6) is 0 Å². The smallest absolute Gasteiger partial charge is 0.303 e. The molecule has 45 heavy (non-hydrogen) atoms. The quantitative estimate of drug-likeness (QED) is 0.0602. The van der Waals surface area contributed by atoms with Crippen LogP contribution in [0, 0.1) is 5.92 Å². The highest BCUT2D eigenvalue weighted by atomic mass is 32.2. The van der Waals surface area contributed by atoms with Gasteiger partial charge in [0.1, 0.15) is 41.4 Å². The van der Waals surface area contributed by atoms with Crippen molar-refractivity contribution in [3.63, 3.8) is 0 Å². The molecule has 2 rings (SSSR count). The number of carbonyl (C=O) groups is 2. The van der Waals surface area contributed by atoms with E-state index >= 15 is 0 Å². The topological polar surface area (TPSA) is 287 Å². The van der Waals surface area contributed by atoms with Gasteiger partial charge in [-0.15, -0.1) is 35.3 Å². The summed E-state index contributed by atoms with van der Waals surface area (Å²) < 4.78 is 11.4. The summed E-state index contributed by atoms with van der Waals surface area (Å²) in [5.74, 6) is -2.09. The van der Waals surface area contributed by atoms with Gasteiger partial charge >= 0.3 is 5.97 Å². The van der Waals surface area contributed by atoms with Gasteiger partial charge in [-0.25, -0.2) is 0 Å². The molecule has 16 nitrogen and oxygen atoms in total. The molecule has 1 amide bonds. The first-order valence-corrected chi connectivity index (χ1v) is 17.4. The van der Waals surface area contributed by atoms with E-state index in [0.29, 0.717) is 0 Å². The SMILES string of the molecule is C[C@H](CO)[C@@H](O)[C@H](O)[C@@H](O)[C@@H](C)S[C@@H]1[C@@H](O)[C@H](S[C@@H]2[C@@H](O)[C@H](SCCNC(=O)CCC(=O)O)O[C@H](CO)[C@H]2O)O[C@H](CO)[C@H]1O. The number of nitrogens with one attached hydrogen (secondary N) is 1. The normalized spacial score (nSPS) is 35.6. The minimum atomic E-state index is -1.65. The number of ether oxygens (including phenoxy) is 2. The van der Waals surface area contributed by atoms with Crippen LogP contribution in [-0.2, 0) is 19.1 Å². The van der Waals surface area contributed by atoms with Crippen molar-refractivity contribution in [3.05, 3.63) is 0 Å². The number of carbonyl (C=O) groups excluding carboxylic acids is 1. The summed E-state index contributed by atoms with van der Waals surface area (Å²) in [6, 6.07) is 0. The zero-order chi connectivity index (χ0) is 34.0. The largest absolute Gasteiger partial charge is 0.481 e. The molecular weight excluding hydrogens is 662 g/mol. The molecule has 12 N–H and O–H groups in total. The summed E-state index contributed by atoms with van der Waals surface area (Å²) >= 11 is 2.75. The molecule has 19 heteroatoms. The third-order valence-electron chi connectivity index (χ3n) is 7.63. The molecule has 2 aliphatic heterocycles. The fourth-order valence-corrected chi connectivity index (χ4v) is 8.94. The number of hydrogen-bond acceptors (Lipinski definition) is 17. The van der Waals surface area contributed by atoms with Crippen LogP contribution in [0.2, 0.25) is 0 Å². The average Bonchev–Trinajstić information content (AvgIpc) is 3.02. The van der Waals surface area contributed by atoms with Crippen LogP contribution in [0.15, 0.2) is 0 Å². The Hall–Kier alpha value is -0.490. The molecule has 264 valence electrons. The van der Waals surface area contributed by atoms with E-state index < -0.39 is 119 Å². The van der Waals surface area contributed by atoms with Gasteiger partial charge in [0.25, 0.3) is 0 Å². The molecule has 0 saturated carbocycles. The third kappa shape index (κ3) is 11.3. The van der Waals surface area contributed by atoms with Crippen LogP contribution in [0.1, 0.15) is 26.7 Å². The molecule has 0 aliphatic carbocycles. The van der Waals surface area contributed by atoms with Gasteiger partial charge in [-0.3, -0.25) is 9.59 Å². The van der Waals surface area contributed by atoms with Crippen LogP contribution in [0.25, 0.3) is 0 Å². The number of aliphatic hydroxyl groups excluding tert-OH is 10. The summed E-state index contributed by atoms with van der Waals surface area (Å²) in [5, 5.41) is 113. The zero-order valence-corrected chi connectivity index (χ0v) is 27.3. The lowest BCUT2D eigenvalue weighted by atomic mass is 9.96. The first-order valence-electron chi connectivity index (χ1n) is 14.5. The highest BCUT2D eigenvalue weighted by molar-refractivity contribution is 8.01. The maximum atomic E-state index is 11.8. The summed E-state index contributed by atoms with van der Waals surface area (Å²) in [6.07, 6.45) is -13.3. The van der Waals surface area contributed by atoms with E-state index in [1.807, 2.05) is 0 Å². The van der Waals surface area contributed by atoms with Gasteiger partial charge in [0.2, 0.25) is 5.91 Å². The van der Waals surface area contributed by atoms with Gasteiger partial charge in [-0.1, -0.05) is 13.8 Å². The monoisotopic (exact) mass is 709 g/mol. The molecule has 0 radical (unpaired) electrons. The Labute approximate surface area is 273 Å². The number of aliphatic hydroxyl groups is 10. The van der Waals surface area contributed by atoms with Crippen LogP contribution >= 0.6 is 35.3 Å². The first-order chi connectivity index (χ1) is 21.2. The number of hydrogen-bond donors (Lipinski definition) is 12. The molecule has 2 aliphatic rings. The average molecular weight is 710 g/mol. The number of carboxylic acid groups (broad SMARTS) is 1. The highest BCUT2D eigenvalue weighted by Gasteiger charge is 2.51. The Bertz CT molecular complexity index is 912. The van der Waals surface area contributed by atoms with E-state index in [0.717, 1.165) is 35.3 Å². The van der Waals surface area contributed by atoms with E-state index in [1.165, 1.54) is 13.8 Å². The van der Waals surface area contributed by atoms with E-state index in [-0.39, 0.29) is 25.1 Å². The van der Waals surface area contributed by atoms with Crippen molar-refractivity contribution in [2.24, 2.45) is 5.92 Å². The number of rotatable bonds is 18. The minimum Gasteiger partial charge on any atom is -0.481 e. The van der Waals surface area contributed by atoms with Gasteiger partial charge in [0, 0.05) is 36.5 Å². The maximum absolute atomic E-state index is 11.8. The van der Waals surface area contributed by atoms with Gasteiger partial charge in [0.05, 0.1) is 54.6 Å². The van der Waals surface area contributed by atoms with Crippen LogP contribution in [0.3, 0.4) is 0 Å². The second-order valence-electron chi connectivity index (χ2n) is 11.1. The lowest BCUT2D eigenvalue weighted by Gasteiger charge is -2.47. The Kier molecular flexibility index (Phi) is 17.6. The van der Waals surface area contributed by atoms with Crippen molar-refractivity contribution in [1.82, 2.24) is 5.32 Å². The summed E-state index contributed by atoms with van der Waals surface area (Å²) in [6.45, 7) is 1.37. The van der Waals surface area contributed by atoms with Gasteiger partial charge < -0.3 is 71.0 Å². The molecule has 0 aromatic rings. The molecular formula is C26H47NO15S3. The number of thioether (sulfide) groups is 3. The molecule has 0 unspecified atom stereocenters. The van der Waals surface area contributed by atoms with Crippen molar-refractivity contribution in [2.45, 2.75) is 108 Å². The molecule has 2 saturated heterocycles. The van der Waals surface area contributed by atoms with E-state index in [4.69, 9.17) is 14.6 Å². The number of carboxylic acids is 1. The second kappa shape index (κ2) is 19.5. The zero-order valence-electron chi connectivity index (χ0n) is 24.9. The summed E-state index contributed by atoms with van der Waals surface area (Å²) in [5.41, 5.74) is -2.23. The maximum Gasteiger partial charge on any atom is 0.303 e. The van der Waals surface area contributed by atoms with Crippen molar-refractivity contribution in [3.8, 4) is 0 Å². The van der Waals surface area contributed by atoms with Crippen molar-refractivity contribution < 1.29 is 75.2 Å². The van der Waals surface area contributed by atoms with Crippen LogP contribution in [-0.4, -0.2) is 182 Å². The molecule has 0 bridgehead atoms. The lowest BCUT2D eigenvalue weighted by molar-refractivity contribution is -0.153. The Morgan fingerprint density at radius 3 is 1.89 bits per heavy atom. The van der Waals surface area contributed by atoms with Crippen molar-refractivity contribution in [2.75, 3.05) is 32.1 Å². The van der Waals surface area contributed by atoms with Gasteiger partial charge in [-0.05, 0) is 0 Å². The van der Waals surface area contributed by atoms with Crippen molar-refractivity contribution in [1.29, 1.82) is 0 Å². The summed E-state index contributed by atoms with van der Waals surface area (Å²) in [4.78, 5) is 22.4. The third-order valence-corrected chi connectivity index (χ3v) is 11.9. The first kappa shape index (κ1) is 40.7. The summed E-state index contributed by atoms with van der Waals surface area (Å²) in [7, 11) is 0. The Balaban J connectivity index is 2.11. The van der Waals surface area contributed by atoms with E-state index in [2.05, 4.69) is 5.32 Å². The van der Waals surface area contributed by atoms with E-state index in [9.17, 15) is 60.7 Å². The molecule has 0 aromatic carbocycles.